The van der Waals surface area contributed by atoms with Crippen LogP contribution in [0.2, 0.25) is 5.02 Å². The van der Waals surface area contributed by atoms with Gasteiger partial charge < -0.3 is 10.1 Å². The first-order valence-corrected chi connectivity index (χ1v) is 7.59. The second-order valence-electron chi connectivity index (χ2n) is 4.87. The van der Waals surface area contributed by atoms with Crippen LogP contribution in [0.3, 0.4) is 0 Å². The predicted octanol–water partition coefficient (Wildman–Crippen LogP) is 4.54. The van der Waals surface area contributed by atoms with E-state index in [1.54, 1.807) is 12.1 Å². The highest BCUT2D eigenvalue weighted by Gasteiger charge is 2.08. The maximum Gasteiger partial charge on any atom is 0.353 e. The summed E-state index contributed by atoms with van der Waals surface area (Å²) in [4.78, 5) is 2.26. The standard InChI is InChI=1S/C16H19ClN4O/c1-4-20(5-2)14-7-8-15(12(3)10-14)18-19-16-9-6-13(17)11-21(16)22/h6-11H,4-5H2,1-3H3. The Kier molecular flexibility index (Phi) is 5.33. The van der Waals surface area contributed by atoms with E-state index in [1.807, 2.05) is 19.1 Å². The Hall–Kier alpha value is -2.14. The second-order valence-corrected chi connectivity index (χ2v) is 5.31. The van der Waals surface area contributed by atoms with Gasteiger partial charge >= 0.3 is 5.82 Å². The normalized spacial score (nSPS) is 11.1. The van der Waals surface area contributed by atoms with Crippen LogP contribution < -0.4 is 9.63 Å². The molecule has 0 radical (unpaired) electrons. The Bertz CT molecular complexity index is 684. The summed E-state index contributed by atoms with van der Waals surface area (Å²) in [6, 6.07) is 9.16. The summed E-state index contributed by atoms with van der Waals surface area (Å²) < 4.78 is 0.603. The molecule has 116 valence electrons. The van der Waals surface area contributed by atoms with Gasteiger partial charge in [-0.3, -0.25) is 0 Å². The van der Waals surface area contributed by atoms with Gasteiger partial charge in [-0.25, -0.2) is 4.73 Å². The Balaban J connectivity index is 2.24. The molecule has 0 N–H and O–H groups in total. The van der Waals surface area contributed by atoms with E-state index in [1.165, 1.54) is 6.20 Å². The molecule has 0 amide bonds. The summed E-state index contributed by atoms with van der Waals surface area (Å²) in [6.45, 7) is 8.14. The van der Waals surface area contributed by atoms with Gasteiger partial charge in [-0.2, -0.15) is 0 Å². The molecule has 0 bridgehead atoms. The number of rotatable bonds is 5. The van der Waals surface area contributed by atoms with E-state index in [9.17, 15) is 5.21 Å². The summed E-state index contributed by atoms with van der Waals surface area (Å²) in [7, 11) is 0. The minimum Gasteiger partial charge on any atom is -0.710 e. The zero-order valence-electron chi connectivity index (χ0n) is 13.0. The summed E-state index contributed by atoms with van der Waals surface area (Å²) in [5.41, 5.74) is 2.91. The van der Waals surface area contributed by atoms with Crippen molar-refractivity contribution in [3.63, 3.8) is 0 Å². The molecule has 2 aromatic rings. The van der Waals surface area contributed by atoms with Gasteiger partial charge in [0.25, 0.3) is 0 Å². The molecule has 0 aliphatic carbocycles. The third kappa shape index (κ3) is 3.74. The molecule has 0 aliphatic rings. The van der Waals surface area contributed by atoms with E-state index >= 15 is 0 Å². The molecule has 0 saturated heterocycles. The molecule has 6 heteroatoms. The van der Waals surface area contributed by atoms with E-state index in [2.05, 4.69) is 35.0 Å². The number of pyridine rings is 1. The molecule has 5 nitrogen and oxygen atoms in total. The van der Waals surface area contributed by atoms with Crippen LogP contribution in [0, 0.1) is 12.1 Å². The molecule has 1 heterocycles. The number of azo groups is 1. The summed E-state index contributed by atoms with van der Waals surface area (Å²) in [5, 5.41) is 20.2. The van der Waals surface area contributed by atoms with Crippen molar-refractivity contribution in [1.82, 2.24) is 0 Å². The molecule has 1 aromatic carbocycles. The monoisotopic (exact) mass is 318 g/mol. The Morgan fingerprint density at radius 3 is 2.45 bits per heavy atom. The van der Waals surface area contributed by atoms with Crippen LogP contribution in [0.15, 0.2) is 46.8 Å². The molecular formula is C16H19ClN4O. The minimum absolute atomic E-state index is 0.205. The van der Waals surface area contributed by atoms with E-state index in [0.29, 0.717) is 9.75 Å². The smallest absolute Gasteiger partial charge is 0.353 e. The zero-order chi connectivity index (χ0) is 16.1. The van der Waals surface area contributed by atoms with Gasteiger partial charge in [0, 0.05) is 24.8 Å². The van der Waals surface area contributed by atoms with Crippen molar-refractivity contribution in [2.24, 2.45) is 10.2 Å². The molecule has 0 spiro atoms. The first-order chi connectivity index (χ1) is 10.5. The Morgan fingerprint density at radius 2 is 1.86 bits per heavy atom. The third-order valence-corrected chi connectivity index (χ3v) is 3.65. The second kappa shape index (κ2) is 7.22. The lowest BCUT2D eigenvalue weighted by molar-refractivity contribution is -0.591. The molecule has 22 heavy (non-hydrogen) atoms. The maximum absolute atomic E-state index is 11.6. The van der Waals surface area contributed by atoms with Crippen molar-refractivity contribution in [2.75, 3.05) is 18.0 Å². The molecular weight excluding hydrogens is 300 g/mol. The van der Waals surface area contributed by atoms with Crippen LogP contribution in [0.25, 0.3) is 0 Å². The Morgan fingerprint density at radius 1 is 1.14 bits per heavy atom. The van der Waals surface area contributed by atoms with Gasteiger partial charge in [0.1, 0.15) is 11.9 Å². The Labute approximate surface area is 135 Å². The van der Waals surface area contributed by atoms with Crippen molar-refractivity contribution >= 4 is 28.8 Å². The van der Waals surface area contributed by atoms with Gasteiger partial charge in [0.15, 0.2) is 0 Å². The van der Waals surface area contributed by atoms with Crippen LogP contribution in [-0.4, -0.2) is 13.1 Å². The summed E-state index contributed by atoms with van der Waals surface area (Å²) >= 11 is 5.74. The lowest BCUT2D eigenvalue weighted by Gasteiger charge is -2.21. The number of hydrogen-bond donors (Lipinski definition) is 0. The number of halogens is 1. The van der Waals surface area contributed by atoms with Crippen LogP contribution in [0.1, 0.15) is 19.4 Å². The van der Waals surface area contributed by atoms with Crippen molar-refractivity contribution in [3.05, 3.63) is 52.3 Å². The van der Waals surface area contributed by atoms with E-state index < -0.39 is 0 Å². The molecule has 2 rings (SSSR count). The van der Waals surface area contributed by atoms with E-state index in [-0.39, 0.29) is 5.82 Å². The quantitative estimate of drug-likeness (QED) is 0.461. The highest BCUT2D eigenvalue weighted by Crippen LogP contribution is 2.26. The van der Waals surface area contributed by atoms with Gasteiger partial charge in [-0.1, -0.05) is 11.6 Å². The van der Waals surface area contributed by atoms with E-state index in [4.69, 9.17) is 11.6 Å². The summed E-state index contributed by atoms with van der Waals surface area (Å²) in [5.74, 6) is 0.205. The number of aryl methyl sites for hydroxylation is 1. The number of anilines is 1. The molecule has 0 aliphatic heterocycles. The number of hydrogen-bond acceptors (Lipinski definition) is 4. The van der Waals surface area contributed by atoms with Crippen LogP contribution in [0.4, 0.5) is 17.2 Å². The average molecular weight is 319 g/mol. The topological polar surface area (TPSA) is 54.9 Å². The van der Waals surface area contributed by atoms with E-state index in [0.717, 1.165) is 30.0 Å². The average Bonchev–Trinajstić information content (AvgIpc) is 2.49. The van der Waals surface area contributed by atoms with Crippen LogP contribution in [0.5, 0.6) is 0 Å². The van der Waals surface area contributed by atoms with Crippen LogP contribution >= 0.6 is 11.6 Å². The lowest BCUT2D eigenvalue weighted by atomic mass is 10.1. The summed E-state index contributed by atoms with van der Waals surface area (Å²) in [6.07, 6.45) is 1.26. The highest BCUT2D eigenvalue weighted by atomic mass is 35.5. The van der Waals surface area contributed by atoms with Crippen LogP contribution in [-0.2, 0) is 0 Å². The molecule has 0 saturated carbocycles. The van der Waals surface area contributed by atoms with Gasteiger partial charge in [-0.15, -0.1) is 0 Å². The molecule has 0 fully saturated rings. The number of aromatic nitrogens is 1. The predicted molar refractivity (Wildman–Crippen MR) is 89.3 cm³/mol. The largest absolute Gasteiger partial charge is 0.710 e. The minimum atomic E-state index is 0.205. The SMILES string of the molecule is CCN(CC)c1ccc(N=Nc2ccc(Cl)c[n+]2[O-])c(C)c1. The first kappa shape index (κ1) is 16.2. The van der Waals surface area contributed by atoms with Gasteiger partial charge in [0.05, 0.1) is 10.1 Å². The van der Waals surface area contributed by atoms with Crippen molar-refractivity contribution in [1.29, 1.82) is 0 Å². The fraction of sp³-hybridized carbons (Fsp3) is 0.312. The van der Waals surface area contributed by atoms with Crippen molar-refractivity contribution in [3.8, 4) is 0 Å². The fourth-order valence-electron chi connectivity index (χ4n) is 2.17. The third-order valence-electron chi connectivity index (χ3n) is 3.43. The van der Waals surface area contributed by atoms with Crippen molar-refractivity contribution in [2.45, 2.75) is 20.8 Å². The molecule has 1 aromatic heterocycles. The maximum atomic E-state index is 11.6. The number of benzene rings is 1. The molecule has 0 unspecified atom stereocenters. The van der Waals surface area contributed by atoms with Gasteiger partial charge in [0.2, 0.25) is 0 Å². The lowest BCUT2D eigenvalue weighted by Crippen LogP contribution is -2.25. The first-order valence-electron chi connectivity index (χ1n) is 7.21. The zero-order valence-corrected chi connectivity index (χ0v) is 13.7. The van der Waals surface area contributed by atoms with Gasteiger partial charge in [-0.05, 0) is 55.7 Å². The number of nitrogens with zero attached hydrogens (tertiary/aromatic N) is 4. The highest BCUT2D eigenvalue weighted by molar-refractivity contribution is 6.30. The fourth-order valence-corrected chi connectivity index (χ4v) is 2.32. The van der Waals surface area contributed by atoms with Crippen molar-refractivity contribution < 1.29 is 4.73 Å². The molecule has 0 atom stereocenters.